The van der Waals surface area contributed by atoms with Crippen LogP contribution >= 0.6 is 15.9 Å². The van der Waals surface area contributed by atoms with Crippen molar-refractivity contribution in [2.45, 2.75) is 13.0 Å². The lowest BCUT2D eigenvalue weighted by atomic mass is 10.4. The van der Waals surface area contributed by atoms with Crippen molar-refractivity contribution in [1.29, 1.82) is 0 Å². The number of anilines is 1. The number of hydrogen-bond acceptors (Lipinski definition) is 4. The lowest BCUT2D eigenvalue weighted by Crippen LogP contribution is -2.13. The van der Waals surface area contributed by atoms with Crippen LogP contribution in [0.15, 0.2) is 33.9 Å². The Bertz CT molecular complexity index is 522. The molecule has 2 rings (SSSR count). The Morgan fingerprint density at radius 2 is 2.41 bits per heavy atom. The van der Waals surface area contributed by atoms with Crippen LogP contribution in [-0.4, -0.2) is 26.5 Å². The second kappa shape index (κ2) is 5.62. The lowest BCUT2D eigenvalue weighted by molar-refractivity contribution is 0.591. The van der Waals surface area contributed by atoms with E-state index in [1.807, 2.05) is 16.9 Å². The van der Waals surface area contributed by atoms with Gasteiger partial charge in [-0.15, -0.1) is 0 Å². The van der Waals surface area contributed by atoms with Crippen molar-refractivity contribution < 1.29 is 0 Å². The van der Waals surface area contributed by atoms with E-state index < -0.39 is 0 Å². The lowest BCUT2D eigenvalue weighted by Gasteiger charge is -2.06. The summed E-state index contributed by atoms with van der Waals surface area (Å²) in [5, 5.41) is 13.3. The first kappa shape index (κ1) is 11.8. The first-order valence-corrected chi connectivity index (χ1v) is 6.01. The average molecular weight is 298 g/mol. The van der Waals surface area contributed by atoms with E-state index in [9.17, 15) is 4.79 Å². The van der Waals surface area contributed by atoms with Gasteiger partial charge in [0.1, 0.15) is 4.47 Å². The molecule has 2 heterocycles. The van der Waals surface area contributed by atoms with Crippen LogP contribution in [-0.2, 0) is 6.54 Å². The smallest absolute Gasteiger partial charge is 0.280 e. The molecule has 0 aromatic carbocycles. The van der Waals surface area contributed by atoms with Crippen molar-refractivity contribution in [3.8, 4) is 0 Å². The van der Waals surface area contributed by atoms with Gasteiger partial charge >= 0.3 is 0 Å². The number of hydrogen-bond donors (Lipinski definition) is 2. The van der Waals surface area contributed by atoms with Crippen LogP contribution in [0.1, 0.15) is 6.42 Å². The Morgan fingerprint density at radius 1 is 1.53 bits per heavy atom. The van der Waals surface area contributed by atoms with Gasteiger partial charge in [-0.2, -0.15) is 10.2 Å². The number of nitrogens with one attached hydrogen (secondary N) is 2. The molecule has 0 aliphatic carbocycles. The van der Waals surface area contributed by atoms with E-state index in [1.165, 1.54) is 0 Å². The Labute approximate surface area is 106 Å². The molecular weight excluding hydrogens is 286 g/mol. The van der Waals surface area contributed by atoms with E-state index in [-0.39, 0.29) is 5.56 Å². The second-order valence-electron chi connectivity index (χ2n) is 3.48. The molecule has 0 unspecified atom stereocenters. The number of aryl methyl sites for hydroxylation is 1. The molecule has 0 spiro atoms. The maximum absolute atomic E-state index is 11.2. The molecule has 0 saturated carbocycles. The van der Waals surface area contributed by atoms with Crippen LogP contribution in [0.5, 0.6) is 0 Å². The monoisotopic (exact) mass is 297 g/mol. The molecule has 0 fully saturated rings. The van der Waals surface area contributed by atoms with Gasteiger partial charge in [-0.25, -0.2) is 5.10 Å². The fourth-order valence-corrected chi connectivity index (χ4v) is 1.73. The van der Waals surface area contributed by atoms with E-state index in [4.69, 9.17) is 0 Å². The molecule has 0 amide bonds. The highest BCUT2D eigenvalue weighted by Gasteiger charge is 2.02. The quantitative estimate of drug-likeness (QED) is 0.814. The minimum absolute atomic E-state index is 0.234. The first-order valence-electron chi connectivity index (χ1n) is 5.22. The van der Waals surface area contributed by atoms with Crippen LogP contribution in [0.25, 0.3) is 0 Å². The maximum Gasteiger partial charge on any atom is 0.280 e. The van der Waals surface area contributed by atoms with Crippen molar-refractivity contribution in [3.05, 3.63) is 39.5 Å². The molecule has 0 saturated heterocycles. The summed E-state index contributed by atoms with van der Waals surface area (Å²) in [4.78, 5) is 11.2. The highest BCUT2D eigenvalue weighted by atomic mass is 79.9. The summed E-state index contributed by atoms with van der Waals surface area (Å²) in [6.45, 7) is 1.60. The minimum atomic E-state index is -0.234. The molecule has 2 N–H and O–H groups in total. The van der Waals surface area contributed by atoms with Crippen LogP contribution in [0, 0.1) is 0 Å². The SMILES string of the molecule is O=c1[nH]ncc(NCCCn2cccn2)c1Br. The van der Waals surface area contributed by atoms with Crippen LogP contribution < -0.4 is 10.9 Å². The van der Waals surface area contributed by atoms with Gasteiger partial charge in [-0.3, -0.25) is 9.48 Å². The van der Waals surface area contributed by atoms with Crippen LogP contribution in [0.4, 0.5) is 5.69 Å². The van der Waals surface area contributed by atoms with Gasteiger partial charge in [0.2, 0.25) is 0 Å². The number of aromatic nitrogens is 4. The number of nitrogens with zero attached hydrogens (tertiary/aromatic N) is 3. The number of aromatic amines is 1. The van der Waals surface area contributed by atoms with Gasteiger partial charge in [0, 0.05) is 25.5 Å². The van der Waals surface area contributed by atoms with Crippen molar-refractivity contribution in [1.82, 2.24) is 20.0 Å². The molecular formula is C10H12BrN5O. The van der Waals surface area contributed by atoms with E-state index in [1.54, 1.807) is 12.4 Å². The average Bonchev–Trinajstić information content (AvgIpc) is 2.83. The van der Waals surface area contributed by atoms with Crippen molar-refractivity contribution >= 4 is 21.6 Å². The summed E-state index contributed by atoms with van der Waals surface area (Å²) in [6.07, 6.45) is 6.18. The zero-order valence-corrected chi connectivity index (χ0v) is 10.6. The zero-order valence-electron chi connectivity index (χ0n) is 9.06. The standard InChI is InChI=1S/C10H12BrN5O/c11-9-8(7-13-15-10(9)17)12-3-1-5-16-6-2-4-14-16/h2,4,6-7H,1,3,5H2,(H2,12,15,17). The van der Waals surface area contributed by atoms with Gasteiger partial charge in [0.25, 0.3) is 5.56 Å². The molecule has 0 aliphatic heterocycles. The third-order valence-corrected chi connectivity index (χ3v) is 3.02. The predicted molar refractivity (Wildman–Crippen MR) is 67.9 cm³/mol. The third-order valence-electron chi connectivity index (χ3n) is 2.23. The zero-order chi connectivity index (χ0) is 12.1. The normalized spacial score (nSPS) is 10.4. The van der Waals surface area contributed by atoms with Gasteiger partial charge in [-0.1, -0.05) is 0 Å². The highest BCUT2D eigenvalue weighted by Crippen LogP contribution is 2.14. The van der Waals surface area contributed by atoms with E-state index in [0.29, 0.717) is 10.2 Å². The van der Waals surface area contributed by atoms with Crippen molar-refractivity contribution in [2.75, 3.05) is 11.9 Å². The molecule has 0 radical (unpaired) electrons. The van der Waals surface area contributed by atoms with E-state index in [2.05, 4.69) is 36.5 Å². The fraction of sp³-hybridized carbons (Fsp3) is 0.300. The predicted octanol–water partition coefficient (Wildman–Crippen LogP) is 1.23. The largest absolute Gasteiger partial charge is 0.383 e. The van der Waals surface area contributed by atoms with E-state index >= 15 is 0 Å². The Balaban J connectivity index is 1.82. The summed E-state index contributed by atoms with van der Waals surface area (Å²) in [7, 11) is 0. The van der Waals surface area contributed by atoms with Gasteiger partial charge in [0.05, 0.1) is 11.9 Å². The molecule has 90 valence electrons. The molecule has 17 heavy (non-hydrogen) atoms. The Morgan fingerprint density at radius 3 is 3.18 bits per heavy atom. The molecule has 7 heteroatoms. The fourth-order valence-electron chi connectivity index (χ4n) is 1.40. The topological polar surface area (TPSA) is 75.6 Å². The molecule has 6 nitrogen and oxygen atoms in total. The van der Waals surface area contributed by atoms with Crippen LogP contribution in [0.3, 0.4) is 0 Å². The second-order valence-corrected chi connectivity index (χ2v) is 4.27. The molecule has 0 bridgehead atoms. The summed E-state index contributed by atoms with van der Waals surface area (Å²) >= 11 is 3.21. The Hall–Kier alpha value is -1.63. The third kappa shape index (κ3) is 3.16. The highest BCUT2D eigenvalue weighted by molar-refractivity contribution is 9.10. The maximum atomic E-state index is 11.2. The number of rotatable bonds is 5. The van der Waals surface area contributed by atoms with Crippen LogP contribution in [0.2, 0.25) is 0 Å². The summed E-state index contributed by atoms with van der Waals surface area (Å²) < 4.78 is 2.35. The summed E-state index contributed by atoms with van der Waals surface area (Å²) in [5.41, 5.74) is 0.469. The van der Waals surface area contributed by atoms with Crippen molar-refractivity contribution in [2.24, 2.45) is 0 Å². The Kier molecular flexibility index (Phi) is 3.92. The van der Waals surface area contributed by atoms with Gasteiger partial charge in [-0.05, 0) is 28.4 Å². The number of halogens is 1. The summed E-state index contributed by atoms with van der Waals surface area (Å²) in [6, 6.07) is 1.89. The van der Waals surface area contributed by atoms with Crippen molar-refractivity contribution in [3.63, 3.8) is 0 Å². The molecule has 0 atom stereocenters. The molecule has 2 aromatic rings. The summed E-state index contributed by atoms with van der Waals surface area (Å²) in [5.74, 6) is 0. The molecule has 0 aliphatic rings. The van der Waals surface area contributed by atoms with Gasteiger partial charge in [0.15, 0.2) is 0 Å². The number of H-pyrrole nitrogens is 1. The van der Waals surface area contributed by atoms with Gasteiger partial charge < -0.3 is 5.32 Å². The molecule has 2 aromatic heterocycles. The van der Waals surface area contributed by atoms with E-state index in [0.717, 1.165) is 19.5 Å². The minimum Gasteiger partial charge on any atom is -0.383 e. The first-order chi connectivity index (χ1) is 8.27.